The molecule has 0 radical (unpaired) electrons. The summed E-state index contributed by atoms with van der Waals surface area (Å²) in [5.41, 5.74) is 3.15. The van der Waals surface area contributed by atoms with Crippen LogP contribution < -0.4 is 42.0 Å². The summed E-state index contributed by atoms with van der Waals surface area (Å²) >= 11 is 0. The van der Waals surface area contributed by atoms with Gasteiger partial charge in [-0.15, -0.1) is 0 Å². The third kappa shape index (κ3) is 17.3. The van der Waals surface area contributed by atoms with Gasteiger partial charge in [0.2, 0.25) is 0 Å². The number of hydrogen-bond donors (Lipinski definition) is 0. The molecule has 0 saturated carbocycles. The van der Waals surface area contributed by atoms with Crippen molar-refractivity contribution < 1.29 is 0 Å². The van der Waals surface area contributed by atoms with Crippen molar-refractivity contribution in [2.75, 3.05) is 0 Å². The van der Waals surface area contributed by atoms with Crippen LogP contribution >= 0.6 is 16.1 Å². The maximum atomic E-state index is 3.32. The third-order valence-corrected chi connectivity index (χ3v) is 48.5. The van der Waals surface area contributed by atoms with Gasteiger partial charge in [-0.25, -0.2) is 4.44 Å². The summed E-state index contributed by atoms with van der Waals surface area (Å²) in [5, 5.41) is 13.4. The Morgan fingerprint density at radius 1 is 0.293 bits per heavy atom. The van der Waals surface area contributed by atoms with Crippen molar-refractivity contribution in [2.24, 2.45) is 0 Å². The van der Waals surface area contributed by atoms with Crippen molar-refractivity contribution in [1.29, 1.82) is 0 Å². The summed E-state index contributed by atoms with van der Waals surface area (Å²) in [6, 6.07) is 70.6. The van der Waals surface area contributed by atoms with E-state index in [-0.39, 0.29) is 0 Å². The summed E-state index contributed by atoms with van der Waals surface area (Å²) in [4.78, 5) is 0. The first kappa shape index (κ1) is 68.9. The molecule has 0 spiro atoms. The lowest BCUT2D eigenvalue weighted by molar-refractivity contribution is 0.519. The number of fused-ring (bicyclic) bond motifs is 1. The highest BCUT2D eigenvalue weighted by molar-refractivity contribution is 7.84. The molecule has 0 unspecified atom stereocenters. The molecule has 82 heavy (non-hydrogen) atoms. The average molecular weight is 1210 g/mol. The van der Waals surface area contributed by atoms with E-state index < -0.39 is 48.4 Å². The highest BCUT2D eigenvalue weighted by atomic mass is 31.2. The number of hydrogen-bond acceptors (Lipinski definition) is 1. The maximum absolute atomic E-state index is 3.32. The Kier molecular flexibility index (Phi) is 29.9. The van der Waals surface area contributed by atoms with Gasteiger partial charge in [0.1, 0.15) is 0 Å². The molecule has 0 aromatic heterocycles. The first-order valence-electron chi connectivity index (χ1n) is 34.9. The van der Waals surface area contributed by atoms with E-state index in [9.17, 15) is 0 Å². The lowest BCUT2D eigenvalue weighted by atomic mass is 10.1. The number of unbranched alkanes of at least 4 members (excludes halogenated alkanes) is 6. The van der Waals surface area contributed by atoms with E-state index in [0.717, 1.165) is 12.8 Å². The molecule has 0 fully saturated rings. The zero-order chi connectivity index (χ0) is 58.9. The van der Waals surface area contributed by atoms with Crippen LogP contribution in [0.5, 0.6) is 0 Å². The van der Waals surface area contributed by atoms with Crippen molar-refractivity contribution in [3.63, 3.8) is 0 Å². The Balaban J connectivity index is 1.76. The minimum atomic E-state index is -1.79. The van der Waals surface area contributed by atoms with Gasteiger partial charge in [-0.05, 0) is 45.2 Å². The van der Waals surface area contributed by atoms with Gasteiger partial charge >= 0.3 is 0 Å². The summed E-state index contributed by atoms with van der Waals surface area (Å²) in [7, 11) is -9.02. The topological polar surface area (TPSA) is 3.24 Å². The van der Waals surface area contributed by atoms with E-state index in [1.54, 1.807) is 53.1 Å². The number of nitrogens with zero attached hydrogens (tertiary/aromatic N) is 1. The van der Waals surface area contributed by atoms with Crippen LogP contribution in [0.15, 0.2) is 121 Å². The monoisotopic (exact) mass is 1210 g/mol. The second-order valence-electron chi connectivity index (χ2n) is 26.2. The fourth-order valence-electron chi connectivity index (χ4n) is 15.9. The Labute approximate surface area is 513 Å². The molecule has 5 aromatic rings. The molecule has 1 nitrogen and oxygen atoms in total. The van der Waals surface area contributed by atoms with Crippen LogP contribution in [0.25, 0.3) is 0 Å². The van der Waals surface area contributed by atoms with E-state index in [1.165, 1.54) is 188 Å². The summed E-state index contributed by atoms with van der Waals surface area (Å²) < 4.78 is 3.32. The maximum Gasteiger partial charge on any atom is 0.0867 e. The van der Waals surface area contributed by atoms with E-state index >= 15 is 0 Å². The molecule has 1 aliphatic carbocycles. The van der Waals surface area contributed by atoms with Gasteiger partial charge in [-0.3, -0.25) is 0 Å². The van der Waals surface area contributed by atoms with E-state index in [2.05, 4.69) is 209 Å². The molecule has 6 rings (SSSR count). The van der Waals surface area contributed by atoms with Crippen LogP contribution in [0.1, 0.15) is 210 Å². The first-order valence-corrected chi connectivity index (χ1v) is 48.0. The predicted molar refractivity (Wildman–Crippen MR) is 388 cm³/mol. The Hall–Kier alpha value is -2.21. The molecule has 452 valence electrons. The first-order chi connectivity index (χ1) is 40.0. The van der Waals surface area contributed by atoms with Crippen LogP contribution in [0.3, 0.4) is 0 Å². The van der Waals surface area contributed by atoms with Crippen molar-refractivity contribution in [1.82, 2.24) is 4.44 Å². The summed E-state index contributed by atoms with van der Waals surface area (Å²) in [6.07, 6.45) is 26.0. The molecule has 0 heterocycles. The van der Waals surface area contributed by atoms with Gasteiger partial charge in [0, 0.05) is 22.2 Å². The Morgan fingerprint density at radius 2 is 0.573 bits per heavy atom. The van der Waals surface area contributed by atoms with Gasteiger partial charge in [0.25, 0.3) is 0 Å². The van der Waals surface area contributed by atoms with Gasteiger partial charge in [0.15, 0.2) is 0 Å². The van der Waals surface area contributed by atoms with E-state index in [1.807, 2.05) is 0 Å². The second kappa shape index (κ2) is 35.6. The van der Waals surface area contributed by atoms with Crippen LogP contribution in [-0.2, 0) is 12.8 Å². The van der Waals surface area contributed by atoms with Crippen LogP contribution in [0.2, 0.25) is 72.5 Å². The normalized spacial score (nSPS) is 13.5. The molecule has 1 aliphatic rings. The Morgan fingerprint density at radius 3 is 0.854 bits per heavy atom. The fraction of sp³-hybridized carbons (Fsp3) is 0.600. The highest BCUT2D eigenvalue weighted by Gasteiger charge is 2.43. The molecule has 0 N–H and O–H groups in total. The minimum Gasteiger partial charge on any atom is -0.241 e. The second-order valence-corrected chi connectivity index (χ2v) is 49.3. The largest absolute Gasteiger partial charge is 0.241 e. The molecule has 0 saturated heterocycles. The SMILES string of the molecule is CCCC[Si](CCCC)(CCCC)c1ccc(P(c2ccc([Si](CCCC)(CCCC)CCCC)cc2)N(C2Cc3ccccc3C2)P(c2cccc([Si](CCC)(CCC)CCC)c2)c2cccc([Si](CCC)(CCC)CCC)c2)cc1. The minimum absolute atomic E-state index is 0.383. The van der Waals surface area contributed by atoms with Crippen LogP contribution in [0.4, 0.5) is 0 Å². The predicted octanol–water partition coefficient (Wildman–Crippen LogP) is 20.4. The van der Waals surface area contributed by atoms with Gasteiger partial charge in [-0.2, -0.15) is 0 Å². The lowest BCUT2D eigenvalue weighted by Crippen LogP contribution is -2.49. The van der Waals surface area contributed by atoms with Gasteiger partial charge < -0.3 is 0 Å². The zero-order valence-corrected chi connectivity index (χ0v) is 60.9. The van der Waals surface area contributed by atoms with E-state index in [4.69, 9.17) is 0 Å². The molecule has 0 amide bonds. The summed E-state index contributed by atoms with van der Waals surface area (Å²) in [6.45, 7) is 29.5. The highest BCUT2D eigenvalue weighted by Crippen LogP contribution is 2.58. The Bertz CT molecular complexity index is 2310. The quantitative estimate of drug-likeness (QED) is 0.0278. The van der Waals surface area contributed by atoms with Crippen LogP contribution in [0, 0.1) is 0 Å². The van der Waals surface area contributed by atoms with Crippen LogP contribution in [-0.4, -0.2) is 42.8 Å². The number of rotatable bonds is 41. The molecular weight excluding hydrogens is 1090 g/mol. The number of benzene rings is 5. The average Bonchev–Trinajstić information content (AvgIpc) is 3.97. The molecule has 0 aliphatic heterocycles. The van der Waals surface area contributed by atoms with E-state index in [0.29, 0.717) is 6.04 Å². The van der Waals surface area contributed by atoms with Crippen molar-refractivity contribution in [3.8, 4) is 0 Å². The fourth-order valence-corrected chi connectivity index (χ4v) is 44.4. The van der Waals surface area contributed by atoms with Crippen molar-refractivity contribution in [3.05, 3.63) is 132 Å². The molecule has 0 atom stereocenters. The molecule has 0 bridgehead atoms. The zero-order valence-electron chi connectivity index (χ0n) is 55.1. The molecule has 7 heteroatoms. The third-order valence-electron chi connectivity index (χ3n) is 20.0. The van der Waals surface area contributed by atoms with Gasteiger partial charge in [0.05, 0.1) is 32.3 Å². The van der Waals surface area contributed by atoms with Crippen molar-refractivity contribution >= 4 is 90.4 Å². The molecule has 5 aromatic carbocycles. The summed E-state index contributed by atoms with van der Waals surface area (Å²) in [5.74, 6) is 0. The standard InChI is InChI=1S/C75H121NP2Si4/c1-13-25-55-81(56-26-14-2,57-27-15-3)72-45-41-68(42-46-72)77(69-43-47-73(48-44-69)82(58-28-16-4,59-29-17-5)60-30-18-6)76(67-61-65-35-31-32-36-66(65)62-67)78(70-37-33-39-74(63-70)79(49-19-7,50-20-8)51-21-9)71-38-34-40-75(64-71)80(52-22-10,53-23-11)54-24-12/h31-48,63-64,67H,13-30,49-62H2,1-12H3. The lowest BCUT2D eigenvalue weighted by Gasteiger charge is -2.44. The van der Waals surface area contributed by atoms with Gasteiger partial charge in [-0.1, -0.05) is 413 Å². The smallest absolute Gasteiger partial charge is 0.0867 e. The molecular formula is C75H121NP2Si4. The van der Waals surface area contributed by atoms with Crippen molar-refractivity contribution in [2.45, 2.75) is 290 Å².